The van der Waals surface area contributed by atoms with E-state index in [0.717, 1.165) is 30.3 Å². The van der Waals surface area contributed by atoms with Crippen molar-refractivity contribution in [2.75, 3.05) is 6.61 Å². The van der Waals surface area contributed by atoms with Crippen molar-refractivity contribution in [2.24, 2.45) is 10.2 Å². The van der Waals surface area contributed by atoms with Crippen LogP contribution in [0, 0.1) is 16.0 Å². The highest BCUT2D eigenvalue weighted by Crippen LogP contribution is 2.25. The Bertz CT molecular complexity index is 1230. The predicted molar refractivity (Wildman–Crippen MR) is 161 cm³/mol. The Hall–Kier alpha value is -4.07. The second-order valence-electron chi connectivity index (χ2n) is 10.1. The predicted octanol–water partition coefficient (Wildman–Crippen LogP) is 9.86. The number of nitro groups is 1. The molecule has 0 amide bonds. The molecule has 0 fully saturated rings. The highest BCUT2D eigenvalue weighted by molar-refractivity contribution is 5.75. The van der Waals surface area contributed by atoms with Crippen molar-refractivity contribution in [2.45, 2.75) is 78.1 Å². The zero-order valence-electron chi connectivity index (χ0n) is 24.1. The number of esters is 1. The third-order valence-electron chi connectivity index (χ3n) is 6.68. The lowest BCUT2D eigenvalue weighted by Crippen LogP contribution is -2.12. The zero-order chi connectivity index (χ0) is 29.3. The van der Waals surface area contributed by atoms with E-state index in [0.29, 0.717) is 17.1 Å². The van der Waals surface area contributed by atoms with Crippen molar-refractivity contribution in [3.63, 3.8) is 0 Å². The van der Waals surface area contributed by atoms with E-state index in [1.54, 1.807) is 43.3 Å². The van der Waals surface area contributed by atoms with Gasteiger partial charge in [-0.1, -0.05) is 77.3 Å². The van der Waals surface area contributed by atoms with Gasteiger partial charge in [0.25, 0.3) is 5.69 Å². The maximum atomic E-state index is 12.4. The molecule has 0 saturated carbocycles. The Morgan fingerprint density at radius 3 is 1.78 bits per heavy atom. The van der Waals surface area contributed by atoms with Crippen LogP contribution in [-0.2, 0) is 4.79 Å². The lowest BCUT2D eigenvalue weighted by Gasteiger charge is -2.10. The molecule has 0 aromatic heterocycles. The van der Waals surface area contributed by atoms with E-state index in [4.69, 9.17) is 9.47 Å². The fourth-order valence-electron chi connectivity index (χ4n) is 4.26. The Morgan fingerprint density at radius 1 is 0.732 bits per heavy atom. The Labute approximate surface area is 243 Å². The van der Waals surface area contributed by atoms with Gasteiger partial charge in [0, 0.05) is 18.1 Å². The van der Waals surface area contributed by atoms with E-state index in [-0.39, 0.29) is 12.1 Å². The third-order valence-corrected chi connectivity index (χ3v) is 6.68. The Kier molecular flexibility index (Phi) is 13.5. The topological polar surface area (TPSA) is 103 Å². The average Bonchev–Trinajstić information content (AvgIpc) is 2.98. The molecule has 0 aliphatic rings. The average molecular weight is 559 g/mol. The second kappa shape index (κ2) is 17.6. The van der Waals surface area contributed by atoms with Crippen molar-refractivity contribution >= 4 is 23.0 Å². The van der Waals surface area contributed by atoms with Crippen molar-refractivity contribution in [1.82, 2.24) is 0 Å². The van der Waals surface area contributed by atoms with E-state index in [2.05, 4.69) is 17.2 Å². The van der Waals surface area contributed by atoms with Crippen molar-refractivity contribution < 1.29 is 19.2 Å². The fraction of sp³-hybridized carbons (Fsp3) is 0.394. The van der Waals surface area contributed by atoms with Gasteiger partial charge < -0.3 is 9.47 Å². The van der Waals surface area contributed by atoms with Crippen LogP contribution < -0.4 is 9.47 Å². The molecule has 3 aromatic carbocycles. The Balaban J connectivity index is 1.35. The van der Waals surface area contributed by atoms with Gasteiger partial charge in [0.2, 0.25) is 0 Å². The number of hydrogen-bond acceptors (Lipinski definition) is 7. The number of benzene rings is 3. The van der Waals surface area contributed by atoms with Crippen molar-refractivity contribution in [3.8, 4) is 11.5 Å². The van der Waals surface area contributed by atoms with Gasteiger partial charge in [-0.15, -0.1) is 0 Å². The van der Waals surface area contributed by atoms with E-state index >= 15 is 0 Å². The van der Waals surface area contributed by atoms with Crippen LogP contribution in [0.2, 0.25) is 0 Å². The molecule has 3 aromatic rings. The molecule has 8 heteroatoms. The van der Waals surface area contributed by atoms with Gasteiger partial charge in [-0.2, -0.15) is 10.2 Å². The van der Waals surface area contributed by atoms with Gasteiger partial charge in [0.05, 0.1) is 29.3 Å². The lowest BCUT2D eigenvalue weighted by molar-refractivity contribution is -0.384. The molecule has 0 bridgehead atoms. The minimum Gasteiger partial charge on any atom is -0.494 e. The molecule has 0 saturated heterocycles. The molecular weight excluding hydrogens is 518 g/mol. The number of rotatable bonds is 18. The number of hydrogen-bond donors (Lipinski definition) is 0. The molecule has 0 spiro atoms. The zero-order valence-corrected chi connectivity index (χ0v) is 24.1. The van der Waals surface area contributed by atoms with Crippen LogP contribution in [0.1, 0.15) is 83.6 Å². The van der Waals surface area contributed by atoms with E-state index in [9.17, 15) is 14.9 Å². The minimum absolute atomic E-state index is 0.00647. The first-order chi connectivity index (χ1) is 19.9. The summed E-state index contributed by atoms with van der Waals surface area (Å²) in [6.07, 6.45) is 11.7. The molecule has 41 heavy (non-hydrogen) atoms. The largest absolute Gasteiger partial charge is 0.494 e. The molecule has 0 atom stereocenters. The van der Waals surface area contributed by atoms with Gasteiger partial charge in [-0.25, -0.2) is 0 Å². The van der Waals surface area contributed by atoms with Gasteiger partial charge in [-0.3, -0.25) is 14.9 Å². The molecule has 8 nitrogen and oxygen atoms in total. The summed E-state index contributed by atoms with van der Waals surface area (Å²) in [6.45, 7) is 4.77. The summed E-state index contributed by atoms with van der Waals surface area (Å²) in [7, 11) is 0. The lowest BCUT2D eigenvalue weighted by atomic mass is 9.98. The van der Waals surface area contributed by atoms with Crippen LogP contribution in [-0.4, -0.2) is 17.5 Å². The highest BCUT2D eigenvalue weighted by Gasteiger charge is 2.15. The fourth-order valence-corrected chi connectivity index (χ4v) is 4.26. The quantitative estimate of drug-likeness (QED) is 0.0386. The number of azo groups is 1. The van der Waals surface area contributed by atoms with Gasteiger partial charge in [-0.05, 0) is 60.5 Å². The molecule has 0 N–H and O–H groups in total. The molecule has 0 aliphatic carbocycles. The molecule has 0 aliphatic heterocycles. The maximum Gasteiger partial charge on any atom is 0.312 e. The van der Waals surface area contributed by atoms with Crippen molar-refractivity contribution in [1.29, 1.82) is 0 Å². The van der Waals surface area contributed by atoms with Crippen LogP contribution in [0.3, 0.4) is 0 Å². The van der Waals surface area contributed by atoms with E-state index in [1.165, 1.54) is 63.5 Å². The van der Waals surface area contributed by atoms with Gasteiger partial charge in [0.15, 0.2) is 0 Å². The molecule has 1 radical (unpaired) electrons. The number of non-ortho nitro benzene ring substituents is 1. The first-order valence-corrected chi connectivity index (χ1v) is 14.5. The van der Waals surface area contributed by atoms with Crippen LogP contribution >= 0.6 is 0 Å². The third kappa shape index (κ3) is 11.9. The van der Waals surface area contributed by atoms with Gasteiger partial charge >= 0.3 is 5.97 Å². The normalized spacial score (nSPS) is 11.2. The van der Waals surface area contributed by atoms with Crippen molar-refractivity contribution in [3.05, 3.63) is 94.4 Å². The second-order valence-corrected chi connectivity index (χ2v) is 10.1. The van der Waals surface area contributed by atoms with Crippen LogP contribution in [0.4, 0.5) is 17.1 Å². The molecular formula is C33H40N3O5. The number of carbonyl (C=O) groups is 1. The van der Waals surface area contributed by atoms with Crippen LogP contribution in [0.25, 0.3) is 0 Å². The first kappa shape index (κ1) is 31.5. The van der Waals surface area contributed by atoms with Crippen LogP contribution in [0.15, 0.2) is 83.0 Å². The molecule has 217 valence electrons. The number of carbonyl (C=O) groups excluding carboxylic acids is 1. The first-order valence-electron chi connectivity index (χ1n) is 14.5. The minimum atomic E-state index is -0.457. The SMILES string of the molecule is CCCCCCCCCCCOc1ccc(N=Nc2ccc(OC(=O)C[C](C)c3ccc([N+](=O)[O-])cc3)cc2)cc1. The highest BCUT2D eigenvalue weighted by atomic mass is 16.6. The summed E-state index contributed by atoms with van der Waals surface area (Å²) < 4.78 is 11.3. The Morgan fingerprint density at radius 2 is 1.24 bits per heavy atom. The van der Waals surface area contributed by atoms with E-state index in [1.807, 2.05) is 24.3 Å². The summed E-state index contributed by atoms with van der Waals surface area (Å²) in [5, 5.41) is 19.3. The summed E-state index contributed by atoms with van der Waals surface area (Å²) in [5.41, 5.74) is 2.10. The molecule has 0 heterocycles. The van der Waals surface area contributed by atoms with Crippen LogP contribution in [0.5, 0.6) is 11.5 Å². The molecule has 0 unspecified atom stereocenters. The molecule has 3 rings (SSSR count). The number of unbranched alkanes of at least 4 members (excludes halogenated alkanes) is 8. The summed E-state index contributed by atoms with van der Waals surface area (Å²) in [5.74, 6) is 1.57. The smallest absolute Gasteiger partial charge is 0.312 e. The van der Waals surface area contributed by atoms with E-state index < -0.39 is 10.9 Å². The maximum absolute atomic E-state index is 12.4. The monoisotopic (exact) mass is 558 g/mol. The standard InChI is InChI=1S/C33H40N3O5/c1-3-4-5-6-7-8-9-10-11-24-40-31-20-14-28(15-21-31)34-35-29-16-22-32(23-17-29)41-33(37)25-26(2)27-12-18-30(19-13-27)36(38)39/h12-23H,3-11,24-25H2,1-2H3. The summed E-state index contributed by atoms with van der Waals surface area (Å²) >= 11 is 0. The number of nitro benzene ring substituents is 1. The number of ether oxygens (including phenoxy) is 2. The summed E-state index contributed by atoms with van der Waals surface area (Å²) in [6, 6.07) is 20.4. The summed E-state index contributed by atoms with van der Waals surface area (Å²) in [4.78, 5) is 22.7. The van der Waals surface area contributed by atoms with Gasteiger partial charge in [0.1, 0.15) is 11.5 Å². The number of nitrogens with zero attached hydrogens (tertiary/aromatic N) is 3.